The molecule has 2 unspecified atom stereocenters. The van der Waals surface area contributed by atoms with Crippen molar-refractivity contribution in [2.75, 3.05) is 27.2 Å². The maximum Gasteiger partial charge on any atom is 0.126 e. The van der Waals surface area contributed by atoms with Crippen LogP contribution in [0.25, 0.3) is 0 Å². The van der Waals surface area contributed by atoms with Crippen LogP contribution < -0.4 is 9.47 Å². The van der Waals surface area contributed by atoms with Gasteiger partial charge in [0, 0.05) is 18.5 Å². The van der Waals surface area contributed by atoms with E-state index in [2.05, 4.69) is 11.9 Å². The lowest BCUT2D eigenvalue weighted by atomic mass is 9.83. The molecule has 1 N–H and O–H groups in total. The molecule has 1 aromatic carbocycles. The Bertz CT molecular complexity index is 476. The first-order valence-corrected chi connectivity index (χ1v) is 6.85. The number of fused-ring (bicyclic) bond motifs is 1. The maximum atomic E-state index is 10.4. The Morgan fingerprint density at radius 2 is 2.32 bits per heavy atom. The second kappa shape index (κ2) is 4.69. The lowest BCUT2D eigenvalue weighted by Crippen LogP contribution is -2.52. The van der Waals surface area contributed by atoms with Crippen LogP contribution >= 0.6 is 0 Å². The number of rotatable bonds is 1. The van der Waals surface area contributed by atoms with Gasteiger partial charge in [-0.2, -0.15) is 0 Å². The zero-order chi connectivity index (χ0) is 13.5. The summed E-state index contributed by atoms with van der Waals surface area (Å²) in [4.78, 5) is 2.28. The van der Waals surface area contributed by atoms with Gasteiger partial charge in [-0.1, -0.05) is 0 Å². The lowest BCUT2D eigenvalue weighted by Gasteiger charge is -2.45. The van der Waals surface area contributed by atoms with Gasteiger partial charge in [0.2, 0.25) is 0 Å². The number of likely N-dealkylation sites (tertiary alicyclic amines) is 1. The summed E-state index contributed by atoms with van der Waals surface area (Å²) in [5, 5.41) is 10.4. The number of methoxy groups -OCH3 is 1. The van der Waals surface area contributed by atoms with Crippen molar-refractivity contribution in [2.24, 2.45) is 0 Å². The molecule has 0 saturated carbocycles. The van der Waals surface area contributed by atoms with Gasteiger partial charge in [0.05, 0.1) is 13.2 Å². The largest absolute Gasteiger partial charge is 0.497 e. The lowest BCUT2D eigenvalue weighted by molar-refractivity contribution is -0.0555. The summed E-state index contributed by atoms with van der Waals surface area (Å²) < 4.78 is 11.5. The van der Waals surface area contributed by atoms with Crippen molar-refractivity contribution >= 4 is 0 Å². The summed E-state index contributed by atoms with van der Waals surface area (Å²) >= 11 is 0. The minimum Gasteiger partial charge on any atom is -0.497 e. The third-order valence-electron chi connectivity index (χ3n) is 4.20. The number of hydrogen-bond donors (Lipinski definition) is 1. The monoisotopic (exact) mass is 263 g/mol. The molecule has 1 saturated heterocycles. The minimum absolute atomic E-state index is 0.228. The summed E-state index contributed by atoms with van der Waals surface area (Å²) in [6.07, 6.45) is 2.33. The van der Waals surface area contributed by atoms with E-state index in [1.165, 1.54) is 0 Å². The molecule has 1 fully saturated rings. The molecule has 19 heavy (non-hydrogen) atoms. The van der Waals surface area contributed by atoms with Gasteiger partial charge >= 0.3 is 0 Å². The summed E-state index contributed by atoms with van der Waals surface area (Å²) in [6.45, 7) is 1.99. The predicted molar refractivity (Wildman–Crippen MR) is 72.7 cm³/mol. The molecule has 1 spiro atoms. The number of nitrogens with zero attached hydrogens (tertiary/aromatic N) is 1. The summed E-state index contributed by atoms with van der Waals surface area (Å²) in [7, 11) is 3.75. The van der Waals surface area contributed by atoms with Gasteiger partial charge in [0.15, 0.2) is 0 Å². The van der Waals surface area contributed by atoms with Crippen LogP contribution in [0.5, 0.6) is 11.5 Å². The quantitative estimate of drug-likeness (QED) is 0.841. The second-order valence-electron chi connectivity index (χ2n) is 5.75. The van der Waals surface area contributed by atoms with E-state index in [1.807, 2.05) is 18.2 Å². The number of aliphatic hydroxyl groups excluding tert-OH is 1. The van der Waals surface area contributed by atoms with Crippen molar-refractivity contribution in [3.63, 3.8) is 0 Å². The van der Waals surface area contributed by atoms with E-state index in [4.69, 9.17) is 9.47 Å². The minimum atomic E-state index is -0.467. The van der Waals surface area contributed by atoms with E-state index < -0.39 is 6.10 Å². The van der Waals surface area contributed by atoms with Gasteiger partial charge in [-0.3, -0.25) is 0 Å². The number of likely N-dealkylation sites (N-methyl/N-ethyl adjacent to an activating group) is 1. The standard InChI is InChI=1S/C15H21NO3/c1-16-7-3-6-15(10-16)9-13(17)12-8-11(18-2)4-5-14(12)19-15/h4-5,8,13,17H,3,6-7,9-10H2,1-2H3. The first-order chi connectivity index (χ1) is 9.12. The average molecular weight is 263 g/mol. The molecular weight excluding hydrogens is 242 g/mol. The summed E-state index contributed by atoms with van der Waals surface area (Å²) in [6, 6.07) is 5.67. The molecular formula is C15H21NO3. The Labute approximate surface area is 113 Å². The molecule has 104 valence electrons. The molecule has 2 aliphatic rings. The molecule has 0 bridgehead atoms. The normalized spacial score (nSPS) is 30.8. The van der Waals surface area contributed by atoms with Gasteiger partial charge in [-0.05, 0) is 44.6 Å². The number of ether oxygens (including phenoxy) is 2. The zero-order valence-corrected chi connectivity index (χ0v) is 11.6. The molecule has 0 aromatic heterocycles. The zero-order valence-electron chi connectivity index (χ0n) is 11.6. The van der Waals surface area contributed by atoms with Crippen LogP contribution in [0.3, 0.4) is 0 Å². The highest BCUT2D eigenvalue weighted by atomic mass is 16.5. The van der Waals surface area contributed by atoms with Crippen molar-refractivity contribution in [2.45, 2.75) is 31.0 Å². The molecule has 1 aromatic rings. The SMILES string of the molecule is COc1ccc2c(c1)C(O)CC1(CCCN(C)C1)O2. The number of hydrogen-bond acceptors (Lipinski definition) is 4. The van der Waals surface area contributed by atoms with Crippen LogP contribution in [0.1, 0.15) is 30.9 Å². The van der Waals surface area contributed by atoms with Crippen molar-refractivity contribution in [3.05, 3.63) is 23.8 Å². The Morgan fingerprint density at radius 3 is 3.05 bits per heavy atom. The van der Waals surface area contributed by atoms with Crippen LogP contribution in [0.15, 0.2) is 18.2 Å². The molecule has 0 radical (unpaired) electrons. The summed E-state index contributed by atoms with van der Waals surface area (Å²) in [5.41, 5.74) is 0.617. The fourth-order valence-corrected chi connectivity index (χ4v) is 3.32. The van der Waals surface area contributed by atoms with E-state index in [0.29, 0.717) is 6.42 Å². The molecule has 3 rings (SSSR count). The number of benzene rings is 1. The molecule has 2 aliphatic heterocycles. The first kappa shape index (κ1) is 12.8. The van der Waals surface area contributed by atoms with Crippen molar-refractivity contribution in [3.8, 4) is 11.5 Å². The Kier molecular flexibility index (Phi) is 3.15. The Hall–Kier alpha value is -1.26. The van der Waals surface area contributed by atoms with Crippen molar-refractivity contribution in [1.82, 2.24) is 4.90 Å². The highest BCUT2D eigenvalue weighted by Crippen LogP contribution is 2.44. The molecule has 2 atom stereocenters. The third kappa shape index (κ3) is 2.30. The predicted octanol–water partition coefficient (Wildman–Crippen LogP) is 1.98. The van der Waals surface area contributed by atoms with Gasteiger partial charge in [0.1, 0.15) is 17.1 Å². The van der Waals surface area contributed by atoms with Crippen molar-refractivity contribution < 1.29 is 14.6 Å². The smallest absolute Gasteiger partial charge is 0.126 e. The van der Waals surface area contributed by atoms with E-state index in [1.54, 1.807) is 7.11 Å². The average Bonchev–Trinajstić information content (AvgIpc) is 2.38. The van der Waals surface area contributed by atoms with Gasteiger partial charge in [0.25, 0.3) is 0 Å². The number of aliphatic hydroxyl groups is 1. The van der Waals surface area contributed by atoms with E-state index in [-0.39, 0.29) is 5.60 Å². The molecule has 2 heterocycles. The van der Waals surface area contributed by atoms with Crippen LogP contribution in [0.4, 0.5) is 0 Å². The highest BCUT2D eigenvalue weighted by molar-refractivity contribution is 5.43. The first-order valence-electron chi connectivity index (χ1n) is 6.85. The molecule has 0 aliphatic carbocycles. The fraction of sp³-hybridized carbons (Fsp3) is 0.600. The van der Waals surface area contributed by atoms with Crippen LogP contribution in [-0.2, 0) is 0 Å². The van der Waals surface area contributed by atoms with E-state index >= 15 is 0 Å². The van der Waals surface area contributed by atoms with Crippen LogP contribution in [0, 0.1) is 0 Å². The summed E-state index contributed by atoms with van der Waals surface area (Å²) in [5.74, 6) is 1.56. The van der Waals surface area contributed by atoms with E-state index in [9.17, 15) is 5.11 Å². The third-order valence-corrected chi connectivity index (χ3v) is 4.20. The van der Waals surface area contributed by atoms with E-state index in [0.717, 1.165) is 43.0 Å². The molecule has 0 amide bonds. The van der Waals surface area contributed by atoms with Crippen LogP contribution in [-0.4, -0.2) is 42.9 Å². The topological polar surface area (TPSA) is 41.9 Å². The van der Waals surface area contributed by atoms with Gasteiger partial charge < -0.3 is 19.5 Å². The Balaban J connectivity index is 1.91. The van der Waals surface area contributed by atoms with Crippen LogP contribution in [0.2, 0.25) is 0 Å². The molecule has 4 heteroatoms. The van der Waals surface area contributed by atoms with Gasteiger partial charge in [-0.25, -0.2) is 0 Å². The van der Waals surface area contributed by atoms with Crippen molar-refractivity contribution in [1.29, 1.82) is 0 Å². The maximum absolute atomic E-state index is 10.4. The van der Waals surface area contributed by atoms with Gasteiger partial charge in [-0.15, -0.1) is 0 Å². The second-order valence-corrected chi connectivity index (χ2v) is 5.75. The fourth-order valence-electron chi connectivity index (χ4n) is 3.32. The number of piperidine rings is 1. The molecule has 4 nitrogen and oxygen atoms in total. The highest BCUT2D eigenvalue weighted by Gasteiger charge is 2.42. The Morgan fingerprint density at radius 1 is 1.47 bits per heavy atom.